The van der Waals surface area contributed by atoms with E-state index in [1.54, 1.807) is 0 Å². The molecule has 0 saturated carbocycles. The van der Waals surface area contributed by atoms with Crippen molar-refractivity contribution in [1.82, 2.24) is 4.90 Å². The minimum absolute atomic E-state index is 0.185. The summed E-state index contributed by atoms with van der Waals surface area (Å²) in [7, 11) is 0. The third-order valence-electron chi connectivity index (χ3n) is 3.90. The van der Waals surface area contributed by atoms with Gasteiger partial charge in [0.05, 0.1) is 0 Å². The number of rotatable bonds is 4. The van der Waals surface area contributed by atoms with E-state index in [1.165, 1.54) is 31.4 Å². The molecule has 0 aliphatic carbocycles. The molecule has 1 saturated heterocycles. The van der Waals surface area contributed by atoms with Crippen LogP contribution in [0.1, 0.15) is 44.2 Å². The zero-order valence-corrected chi connectivity index (χ0v) is 10.8. The minimum atomic E-state index is 0.185. The van der Waals surface area contributed by atoms with Crippen LogP contribution in [0.2, 0.25) is 0 Å². The smallest absolute Gasteiger partial charge is 0.0307 e. The molecule has 2 N–H and O–H groups in total. The van der Waals surface area contributed by atoms with Crippen molar-refractivity contribution in [3.63, 3.8) is 0 Å². The zero-order valence-electron chi connectivity index (χ0n) is 10.8. The maximum Gasteiger partial charge on any atom is 0.0307 e. The highest BCUT2D eigenvalue weighted by atomic mass is 15.2. The van der Waals surface area contributed by atoms with Crippen LogP contribution in [-0.2, 0) is 0 Å². The lowest BCUT2D eigenvalue weighted by atomic mass is 10.0. The van der Waals surface area contributed by atoms with Gasteiger partial charge in [0.25, 0.3) is 0 Å². The van der Waals surface area contributed by atoms with E-state index in [-0.39, 0.29) is 6.04 Å². The Morgan fingerprint density at radius 3 is 2.76 bits per heavy atom. The number of hydrogen-bond acceptors (Lipinski definition) is 2. The van der Waals surface area contributed by atoms with Crippen LogP contribution in [0.5, 0.6) is 0 Å². The lowest BCUT2D eigenvalue weighted by Gasteiger charge is -2.34. The first-order chi connectivity index (χ1) is 8.27. The van der Waals surface area contributed by atoms with Crippen LogP contribution in [0.3, 0.4) is 0 Å². The summed E-state index contributed by atoms with van der Waals surface area (Å²) in [6.07, 6.45) is 5.16. The maximum absolute atomic E-state index is 6.23. The first-order valence-electron chi connectivity index (χ1n) is 6.82. The van der Waals surface area contributed by atoms with Crippen LogP contribution < -0.4 is 5.73 Å². The highest BCUT2D eigenvalue weighted by molar-refractivity contribution is 5.18. The molecule has 0 radical (unpaired) electrons. The molecule has 1 aromatic carbocycles. The monoisotopic (exact) mass is 232 g/mol. The van der Waals surface area contributed by atoms with E-state index >= 15 is 0 Å². The van der Waals surface area contributed by atoms with Crippen molar-refractivity contribution in [3.8, 4) is 0 Å². The van der Waals surface area contributed by atoms with Gasteiger partial charge in [-0.3, -0.25) is 0 Å². The molecule has 1 aliphatic heterocycles. The summed E-state index contributed by atoms with van der Waals surface area (Å²) in [5.74, 6) is 0. The summed E-state index contributed by atoms with van der Waals surface area (Å²) in [4.78, 5) is 2.59. The molecule has 2 nitrogen and oxygen atoms in total. The zero-order chi connectivity index (χ0) is 12.1. The van der Waals surface area contributed by atoms with Crippen LogP contribution in [0.25, 0.3) is 0 Å². The molecule has 0 spiro atoms. The van der Waals surface area contributed by atoms with E-state index in [9.17, 15) is 0 Å². The van der Waals surface area contributed by atoms with Crippen LogP contribution in [0.4, 0.5) is 0 Å². The summed E-state index contributed by atoms with van der Waals surface area (Å²) in [5, 5.41) is 0. The van der Waals surface area contributed by atoms with Gasteiger partial charge in [-0.1, -0.05) is 36.8 Å². The minimum Gasteiger partial charge on any atom is -0.324 e. The van der Waals surface area contributed by atoms with E-state index in [1.807, 2.05) is 6.07 Å². The van der Waals surface area contributed by atoms with Crippen LogP contribution in [0, 0.1) is 0 Å². The maximum atomic E-state index is 6.23. The number of nitrogens with two attached hydrogens (primary N) is 1. The Labute approximate surface area is 105 Å². The van der Waals surface area contributed by atoms with E-state index < -0.39 is 0 Å². The Morgan fingerprint density at radius 2 is 2.06 bits per heavy atom. The third-order valence-corrected chi connectivity index (χ3v) is 3.90. The molecule has 0 unspecified atom stereocenters. The van der Waals surface area contributed by atoms with Gasteiger partial charge in [0.2, 0.25) is 0 Å². The van der Waals surface area contributed by atoms with Gasteiger partial charge in [0.1, 0.15) is 0 Å². The van der Waals surface area contributed by atoms with Crippen molar-refractivity contribution in [2.75, 3.05) is 13.1 Å². The summed E-state index contributed by atoms with van der Waals surface area (Å²) < 4.78 is 0. The Bertz CT molecular complexity index is 323. The Kier molecular flexibility index (Phi) is 4.57. The SMILES string of the molecule is C[C@H]1CCCCN1CC[C@H](N)c1ccccc1. The Morgan fingerprint density at radius 1 is 1.29 bits per heavy atom. The average Bonchev–Trinajstić information content (AvgIpc) is 2.38. The van der Waals surface area contributed by atoms with Crippen molar-refractivity contribution in [1.29, 1.82) is 0 Å². The molecule has 0 aromatic heterocycles. The lowest BCUT2D eigenvalue weighted by molar-refractivity contribution is 0.155. The van der Waals surface area contributed by atoms with Crippen LogP contribution in [0.15, 0.2) is 30.3 Å². The standard InChI is InChI=1S/C15H24N2/c1-13-7-5-6-11-17(13)12-10-15(16)14-8-3-2-4-9-14/h2-4,8-9,13,15H,5-7,10-12,16H2,1H3/t13-,15-/m0/s1. The first kappa shape index (κ1) is 12.6. The first-order valence-corrected chi connectivity index (χ1v) is 6.82. The molecule has 1 heterocycles. The largest absolute Gasteiger partial charge is 0.324 e. The number of likely N-dealkylation sites (tertiary alicyclic amines) is 1. The Hall–Kier alpha value is -0.860. The molecule has 2 rings (SSSR count). The van der Waals surface area contributed by atoms with Gasteiger partial charge >= 0.3 is 0 Å². The average molecular weight is 232 g/mol. The van der Waals surface area contributed by atoms with Gasteiger partial charge in [-0.2, -0.15) is 0 Å². The van der Waals surface area contributed by atoms with Crippen LogP contribution >= 0.6 is 0 Å². The molecule has 1 aliphatic rings. The molecule has 94 valence electrons. The molecule has 2 atom stereocenters. The van der Waals surface area contributed by atoms with Crippen molar-refractivity contribution < 1.29 is 0 Å². The molecule has 1 fully saturated rings. The molecule has 0 bridgehead atoms. The quantitative estimate of drug-likeness (QED) is 0.865. The van der Waals surface area contributed by atoms with E-state index in [0.717, 1.165) is 19.0 Å². The van der Waals surface area contributed by atoms with Gasteiger partial charge in [-0.05, 0) is 38.3 Å². The molecular formula is C15H24N2. The van der Waals surface area contributed by atoms with Crippen molar-refractivity contribution >= 4 is 0 Å². The van der Waals surface area contributed by atoms with Gasteiger partial charge in [0.15, 0.2) is 0 Å². The van der Waals surface area contributed by atoms with Crippen LogP contribution in [-0.4, -0.2) is 24.0 Å². The number of benzene rings is 1. The number of hydrogen-bond donors (Lipinski definition) is 1. The number of piperidine rings is 1. The summed E-state index contributed by atoms with van der Waals surface area (Å²) in [5.41, 5.74) is 7.49. The normalized spacial score (nSPS) is 23.5. The van der Waals surface area contributed by atoms with Gasteiger partial charge < -0.3 is 10.6 Å². The predicted octanol–water partition coefficient (Wildman–Crippen LogP) is 2.95. The second-order valence-corrected chi connectivity index (χ2v) is 5.19. The Balaban J connectivity index is 1.81. The molecule has 1 aromatic rings. The van der Waals surface area contributed by atoms with E-state index in [0.29, 0.717) is 0 Å². The highest BCUT2D eigenvalue weighted by Crippen LogP contribution is 2.19. The number of nitrogens with zero attached hydrogens (tertiary/aromatic N) is 1. The summed E-state index contributed by atoms with van der Waals surface area (Å²) in [6, 6.07) is 11.4. The fourth-order valence-electron chi connectivity index (χ4n) is 2.66. The fraction of sp³-hybridized carbons (Fsp3) is 0.600. The second kappa shape index (κ2) is 6.18. The fourth-order valence-corrected chi connectivity index (χ4v) is 2.66. The lowest BCUT2D eigenvalue weighted by Crippen LogP contribution is -2.38. The van der Waals surface area contributed by atoms with Crippen molar-refractivity contribution in [3.05, 3.63) is 35.9 Å². The highest BCUT2D eigenvalue weighted by Gasteiger charge is 2.18. The van der Waals surface area contributed by atoms with Gasteiger partial charge in [-0.25, -0.2) is 0 Å². The van der Waals surface area contributed by atoms with Gasteiger partial charge in [0, 0.05) is 18.6 Å². The van der Waals surface area contributed by atoms with Gasteiger partial charge in [-0.15, -0.1) is 0 Å². The molecular weight excluding hydrogens is 208 g/mol. The molecule has 17 heavy (non-hydrogen) atoms. The third kappa shape index (κ3) is 3.55. The predicted molar refractivity (Wildman–Crippen MR) is 72.9 cm³/mol. The molecule has 2 heteroatoms. The van der Waals surface area contributed by atoms with Crippen molar-refractivity contribution in [2.45, 2.75) is 44.7 Å². The topological polar surface area (TPSA) is 29.3 Å². The van der Waals surface area contributed by atoms with E-state index in [2.05, 4.69) is 36.1 Å². The van der Waals surface area contributed by atoms with Crippen molar-refractivity contribution in [2.24, 2.45) is 5.73 Å². The van der Waals surface area contributed by atoms with E-state index in [4.69, 9.17) is 5.73 Å². The summed E-state index contributed by atoms with van der Waals surface area (Å²) >= 11 is 0. The summed E-state index contributed by atoms with van der Waals surface area (Å²) in [6.45, 7) is 4.73. The second-order valence-electron chi connectivity index (χ2n) is 5.19. The molecule has 0 amide bonds.